The van der Waals surface area contributed by atoms with Gasteiger partial charge in [0, 0.05) is 32.2 Å². The predicted octanol–water partition coefficient (Wildman–Crippen LogP) is 2.34. The van der Waals surface area contributed by atoms with Crippen LogP contribution in [-0.2, 0) is 11.3 Å². The lowest BCUT2D eigenvalue weighted by Crippen LogP contribution is -2.49. The molecule has 0 aliphatic carbocycles. The second-order valence-corrected chi connectivity index (χ2v) is 5.87. The maximum atomic E-state index is 12.2. The van der Waals surface area contributed by atoms with Crippen LogP contribution in [0.15, 0.2) is 24.3 Å². The Morgan fingerprint density at radius 3 is 2.61 bits per heavy atom. The van der Waals surface area contributed by atoms with Gasteiger partial charge in [-0.1, -0.05) is 19.1 Å². The van der Waals surface area contributed by atoms with Crippen LogP contribution in [0, 0.1) is 5.92 Å². The summed E-state index contributed by atoms with van der Waals surface area (Å²) in [6.07, 6.45) is 1.09. The summed E-state index contributed by atoms with van der Waals surface area (Å²) in [5.41, 5.74) is 1.12. The fraction of sp³-hybridized carbons (Fsp3) is 0.529. The zero-order valence-electron chi connectivity index (χ0n) is 13.6. The van der Waals surface area contributed by atoms with E-state index in [1.54, 1.807) is 24.3 Å². The van der Waals surface area contributed by atoms with Crippen LogP contribution in [0.2, 0.25) is 0 Å². The van der Waals surface area contributed by atoms with Crippen LogP contribution < -0.4 is 5.32 Å². The highest BCUT2D eigenvalue weighted by Gasteiger charge is 2.28. The Morgan fingerprint density at radius 2 is 2.04 bits per heavy atom. The topological polar surface area (TPSA) is 78.9 Å². The van der Waals surface area contributed by atoms with Crippen molar-refractivity contribution in [2.75, 3.05) is 19.7 Å². The average molecular weight is 320 g/mol. The Kier molecular flexibility index (Phi) is 5.98. The van der Waals surface area contributed by atoms with Crippen LogP contribution in [-0.4, -0.2) is 47.8 Å². The number of rotatable bonds is 5. The molecule has 2 amide bonds. The van der Waals surface area contributed by atoms with Gasteiger partial charge >= 0.3 is 12.0 Å². The largest absolute Gasteiger partial charge is 0.478 e. The molecule has 6 nitrogen and oxygen atoms in total. The van der Waals surface area contributed by atoms with Crippen LogP contribution in [0.25, 0.3) is 0 Å². The molecule has 126 valence electrons. The lowest BCUT2D eigenvalue weighted by Gasteiger charge is -2.36. The molecular formula is C17H24N2O4. The minimum absolute atomic E-state index is 0.0888. The van der Waals surface area contributed by atoms with Gasteiger partial charge in [0.15, 0.2) is 0 Å². The van der Waals surface area contributed by atoms with E-state index in [1.807, 2.05) is 11.8 Å². The van der Waals surface area contributed by atoms with Crippen molar-refractivity contribution in [3.8, 4) is 0 Å². The Hall–Kier alpha value is -2.08. The fourth-order valence-corrected chi connectivity index (χ4v) is 2.82. The number of nitrogens with one attached hydrogen (secondary N) is 1. The smallest absolute Gasteiger partial charge is 0.335 e. The van der Waals surface area contributed by atoms with Crippen LogP contribution in [0.5, 0.6) is 0 Å². The number of carboxylic acids is 1. The van der Waals surface area contributed by atoms with Gasteiger partial charge < -0.3 is 20.1 Å². The van der Waals surface area contributed by atoms with Crippen molar-refractivity contribution in [1.82, 2.24) is 10.2 Å². The van der Waals surface area contributed by atoms with E-state index in [2.05, 4.69) is 12.2 Å². The maximum Gasteiger partial charge on any atom is 0.335 e. The Bertz CT molecular complexity index is 544. The second kappa shape index (κ2) is 7.97. The third kappa shape index (κ3) is 4.69. The minimum Gasteiger partial charge on any atom is -0.478 e. The molecule has 0 bridgehead atoms. The van der Waals surface area contributed by atoms with E-state index in [1.165, 1.54) is 0 Å². The van der Waals surface area contributed by atoms with Crippen molar-refractivity contribution in [2.24, 2.45) is 5.92 Å². The summed E-state index contributed by atoms with van der Waals surface area (Å²) in [5.74, 6) is -0.629. The monoisotopic (exact) mass is 320 g/mol. The van der Waals surface area contributed by atoms with Gasteiger partial charge in [-0.05, 0) is 31.0 Å². The molecule has 2 rings (SSSR count). The summed E-state index contributed by atoms with van der Waals surface area (Å²) in [5, 5.41) is 11.7. The summed E-state index contributed by atoms with van der Waals surface area (Å²) in [7, 11) is 0. The van der Waals surface area contributed by atoms with Crippen molar-refractivity contribution in [2.45, 2.75) is 32.9 Å². The number of ether oxygens (including phenoxy) is 1. The molecule has 0 radical (unpaired) electrons. The molecular weight excluding hydrogens is 296 g/mol. The number of carbonyl (C=O) groups excluding carboxylic acids is 1. The molecule has 1 aliphatic rings. The van der Waals surface area contributed by atoms with Crippen molar-refractivity contribution < 1.29 is 19.4 Å². The van der Waals surface area contributed by atoms with Gasteiger partial charge in [-0.2, -0.15) is 0 Å². The standard InChI is InChI=1S/C17H24N2O4/c1-3-23-15-8-9-19(11-12(15)2)17(22)18-10-13-4-6-14(7-5-13)16(20)21/h4-7,12,15H,3,8-11H2,1-2H3,(H,18,22)(H,20,21). The van der Waals surface area contributed by atoms with E-state index in [-0.39, 0.29) is 17.7 Å². The number of carbonyl (C=O) groups is 2. The van der Waals surface area contributed by atoms with E-state index >= 15 is 0 Å². The first kappa shape index (κ1) is 17.3. The number of piperidine rings is 1. The molecule has 0 saturated carbocycles. The summed E-state index contributed by atoms with van der Waals surface area (Å²) >= 11 is 0. The third-order valence-corrected chi connectivity index (χ3v) is 4.14. The lowest BCUT2D eigenvalue weighted by molar-refractivity contribution is -0.0134. The predicted molar refractivity (Wildman–Crippen MR) is 86.4 cm³/mol. The molecule has 0 aromatic heterocycles. The van der Waals surface area contributed by atoms with Crippen LogP contribution in [0.4, 0.5) is 4.79 Å². The molecule has 2 atom stereocenters. The number of amides is 2. The summed E-state index contributed by atoms with van der Waals surface area (Å²) in [4.78, 5) is 24.8. The zero-order chi connectivity index (χ0) is 16.8. The molecule has 1 aromatic carbocycles. The SMILES string of the molecule is CCOC1CCN(C(=O)NCc2ccc(C(=O)O)cc2)CC1C. The highest BCUT2D eigenvalue weighted by Crippen LogP contribution is 2.19. The van der Waals surface area contributed by atoms with E-state index in [0.717, 1.165) is 12.0 Å². The van der Waals surface area contributed by atoms with E-state index in [0.29, 0.717) is 32.2 Å². The van der Waals surface area contributed by atoms with Crippen molar-refractivity contribution >= 4 is 12.0 Å². The highest BCUT2D eigenvalue weighted by atomic mass is 16.5. The number of likely N-dealkylation sites (tertiary alicyclic amines) is 1. The summed E-state index contributed by atoms with van der Waals surface area (Å²) in [6, 6.07) is 6.43. The first-order chi connectivity index (χ1) is 11.0. The molecule has 1 aromatic rings. The molecule has 2 N–H and O–H groups in total. The van der Waals surface area contributed by atoms with Crippen LogP contribution in [0.3, 0.4) is 0 Å². The van der Waals surface area contributed by atoms with E-state index < -0.39 is 5.97 Å². The quantitative estimate of drug-likeness (QED) is 0.873. The van der Waals surface area contributed by atoms with E-state index in [4.69, 9.17) is 9.84 Å². The number of urea groups is 1. The normalized spacial score (nSPS) is 21.0. The van der Waals surface area contributed by atoms with Gasteiger partial charge in [-0.25, -0.2) is 9.59 Å². The summed E-state index contributed by atoms with van der Waals surface area (Å²) in [6.45, 7) is 6.56. The molecule has 2 unspecified atom stereocenters. The van der Waals surface area contributed by atoms with Crippen LogP contribution >= 0.6 is 0 Å². The molecule has 1 heterocycles. The van der Waals surface area contributed by atoms with E-state index in [9.17, 15) is 9.59 Å². The average Bonchev–Trinajstić information content (AvgIpc) is 2.55. The van der Waals surface area contributed by atoms with Gasteiger partial charge in [0.2, 0.25) is 0 Å². The Balaban J connectivity index is 1.82. The zero-order valence-corrected chi connectivity index (χ0v) is 13.6. The van der Waals surface area contributed by atoms with Crippen LogP contribution in [0.1, 0.15) is 36.2 Å². The van der Waals surface area contributed by atoms with Gasteiger partial charge in [0.1, 0.15) is 0 Å². The molecule has 0 spiro atoms. The number of benzene rings is 1. The number of carboxylic acid groups (broad SMARTS) is 1. The molecule has 1 fully saturated rings. The first-order valence-electron chi connectivity index (χ1n) is 7.98. The molecule has 6 heteroatoms. The number of aromatic carboxylic acids is 1. The summed E-state index contributed by atoms with van der Waals surface area (Å²) < 4.78 is 5.68. The molecule has 23 heavy (non-hydrogen) atoms. The maximum absolute atomic E-state index is 12.2. The van der Waals surface area contributed by atoms with Gasteiger partial charge in [0.05, 0.1) is 11.7 Å². The van der Waals surface area contributed by atoms with Gasteiger partial charge in [0.25, 0.3) is 0 Å². The van der Waals surface area contributed by atoms with Crippen molar-refractivity contribution in [3.05, 3.63) is 35.4 Å². The molecule has 1 saturated heterocycles. The Morgan fingerprint density at radius 1 is 1.35 bits per heavy atom. The second-order valence-electron chi connectivity index (χ2n) is 5.87. The van der Waals surface area contributed by atoms with Crippen molar-refractivity contribution in [1.29, 1.82) is 0 Å². The van der Waals surface area contributed by atoms with Crippen molar-refractivity contribution in [3.63, 3.8) is 0 Å². The number of hydrogen-bond donors (Lipinski definition) is 2. The number of nitrogens with zero attached hydrogens (tertiary/aromatic N) is 1. The first-order valence-corrected chi connectivity index (χ1v) is 7.98. The fourth-order valence-electron chi connectivity index (χ4n) is 2.82. The highest BCUT2D eigenvalue weighted by molar-refractivity contribution is 5.87. The van der Waals surface area contributed by atoms with Gasteiger partial charge in [-0.3, -0.25) is 0 Å². The lowest BCUT2D eigenvalue weighted by atomic mass is 9.97. The van der Waals surface area contributed by atoms with Gasteiger partial charge in [-0.15, -0.1) is 0 Å². The third-order valence-electron chi connectivity index (χ3n) is 4.14. The molecule has 1 aliphatic heterocycles. The minimum atomic E-state index is -0.952. The Labute approximate surface area is 136 Å². The number of hydrogen-bond acceptors (Lipinski definition) is 3.